The number of hydrogen-bond donors (Lipinski definition) is 1. The molecule has 9 heteroatoms. The molecule has 2 aromatic rings. The maximum absolute atomic E-state index is 12.9. The molecular weight excluding hydrogens is 383 g/mol. The Morgan fingerprint density at radius 1 is 1.18 bits per heavy atom. The second-order valence-corrected chi connectivity index (χ2v) is 8.86. The summed E-state index contributed by atoms with van der Waals surface area (Å²) in [6.07, 6.45) is 1.92. The lowest BCUT2D eigenvalue weighted by Crippen LogP contribution is -2.28. The van der Waals surface area contributed by atoms with Gasteiger partial charge in [0, 0.05) is 26.1 Å². The summed E-state index contributed by atoms with van der Waals surface area (Å²) in [4.78, 5) is 12.4. The fraction of sp³-hybridized carbons (Fsp3) is 0.474. The minimum atomic E-state index is -3.55. The number of carbonyl (C=O) groups excluding carboxylic acids is 1. The Bertz CT molecular complexity index is 948. The molecule has 2 heterocycles. The zero-order valence-electron chi connectivity index (χ0n) is 16.1. The largest absolute Gasteiger partial charge is 0.352 e. The van der Waals surface area contributed by atoms with Gasteiger partial charge in [0.15, 0.2) is 0 Å². The van der Waals surface area contributed by atoms with Gasteiger partial charge in [0.1, 0.15) is 10.7 Å². The van der Waals surface area contributed by atoms with E-state index in [9.17, 15) is 17.6 Å². The van der Waals surface area contributed by atoms with E-state index < -0.39 is 10.0 Å². The number of nitrogens with zero attached hydrogens (tertiary/aromatic N) is 3. The average Bonchev–Trinajstić information content (AvgIpc) is 3.28. The van der Waals surface area contributed by atoms with E-state index in [-0.39, 0.29) is 29.6 Å². The Morgan fingerprint density at radius 2 is 1.82 bits per heavy atom. The molecule has 0 aliphatic carbocycles. The zero-order valence-corrected chi connectivity index (χ0v) is 16.9. The molecule has 1 fully saturated rings. The number of sulfonamides is 1. The van der Waals surface area contributed by atoms with Crippen LogP contribution in [0, 0.1) is 19.7 Å². The Hall–Kier alpha value is -2.26. The van der Waals surface area contributed by atoms with Gasteiger partial charge < -0.3 is 5.32 Å². The Balaban J connectivity index is 1.62. The summed E-state index contributed by atoms with van der Waals surface area (Å²) in [5.74, 6) is -0.500. The van der Waals surface area contributed by atoms with Crippen molar-refractivity contribution in [1.29, 1.82) is 0 Å². The molecule has 28 heavy (non-hydrogen) atoms. The third kappa shape index (κ3) is 4.41. The number of nitrogens with one attached hydrogen (secondary N) is 1. The fourth-order valence-corrected chi connectivity index (χ4v) is 5.32. The molecule has 1 aliphatic heterocycles. The van der Waals surface area contributed by atoms with Gasteiger partial charge in [0.25, 0.3) is 0 Å². The first kappa shape index (κ1) is 20.5. The normalized spacial score (nSPS) is 15.1. The Morgan fingerprint density at radius 3 is 2.46 bits per heavy atom. The first-order chi connectivity index (χ1) is 13.3. The van der Waals surface area contributed by atoms with Gasteiger partial charge in [-0.3, -0.25) is 9.48 Å². The first-order valence-corrected chi connectivity index (χ1v) is 10.8. The van der Waals surface area contributed by atoms with Crippen molar-refractivity contribution in [2.45, 2.75) is 51.1 Å². The van der Waals surface area contributed by atoms with Crippen LogP contribution in [0.15, 0.2) is 29.2 Å². The summed E-state index contributed by atoms with van der Waals surface area (Å²) >= 11 is 0. The van der Waals surface area contributed by atoms with E-state index in [0.29, 0.717) is 31.0 Å². The van der Waals surface area contributed by atoms with Crippen molar-refractivity contribution in [3.05, 3.63) is 47.0 Å². The Kier molecular flexibility index (Phi) is 6.14. The highest BCUT2D eigenvalue weighted by Crippen LogP contribution is 2.26. The van der Waals surface area contributed by atoms with Crippen molar-refractivity contribution in [2.24, 2.45) is 0 Å². The quantitative estimate of drug-likeness (QED) is 0.761. The number of aromatic nitrogens is 2. The number of rotatable bonds is 7. The molecule has 1 amide bonds. The molecule has 1 N–H and O–H groups in total. The van der Waals surface area contributed by atoms with Crippen LogP contribution in [0.5, 0.6) is 0 Å². The second kappa shape index (κ2) is 8.40. The second-order valence-electron chi connectivity index (χ2n) is 6.99. The summed E-state index contributed by atoms with van der Waals surface area (Å²) in [7, 11) is -3.55. The van der Waals surface area contributed by atoms with Gasteiger partial charge in [-0.2, -0.15) is 9.40 Å². The van der Waals surface area contributed by atoms with E-state index in [0.717, 1.165) is 18.4 Å². The number of aryl methyl sites for hydroxylation is 2. The minimum absolute atomic E-state index is 0.173. The Labute approximate surface area is 164 Å². The topological polar surface area (TPSA) is 84.3 Å². The molecule has 3 rings (SSSR count). The van der Waals surface area contributed by atoms with Gasteiger partial charge >= 0.3 is 0 Å². The number of hydrogen-bond acceptors (Lipinski definition) is 4. The van der Waals surface area contributed by atoms with E-state index in [1.54, 1.807) is 30.7 Å². The molecule has 0 bridgehead atoms. The summed E-state index contributed by atoms with van der Waals surface area (Å²) in [6.45, 7) is 5.08. The van der Waals surface area contributed by atoms with Gasteiger partial charge in [-0.15, -0.1) is 0 Å². The van der Waals surface area contributed by atoms with Crippen LogP contribution in [0.1, 0.15) is 36.2 Å². The lowest BCUT2D eigenvalue weighted by molar-refractivity contribution is -0.121. The van der Waals surface area contributed by atoms with Crippen molar-refractivity contribution in [3.63, 3.8) is 0 Å². The minimum Gasteiger partial charge on any atom is -0.352 e. The van der Waals surface area contributed by atoms with Crippen LogP contribution in [0.2, 0.25) is 0 Å². The number of amides is 1. The lowest BCUT2D eigenvalue weighted by atomic mass is 10.2. The average molecular weight is 408 g/mol. The molecule has 152 valence electrons. The van der Waals surface area contributed by atoms with Crippen LogP contribution in [0.25, 0.3) is 0 Å². The number of halogens is 1. The van der Waals surface area contributed by atoms with E-state index in [4.69, 9.17) is 0 Å². The van der Waals surface area contributed by atoms with Crippen LogP contribution in [-0.2, 0) is 27.9 Å². The van der Waals surface area contributed by atoms with Gasteiger partial charge in [0.05, 0.1) is 17.9 Å². The van der Waals surface area contributed by atoms with E-state index in [1.807, 2.05) is 0 Å². The molecule has 1 aromatic heterocycles. The molecule has 0 atom stereocenters. The lowest BCUT2D eigenvalue weighted by Gasteiger charge is -2.15. The van der Waals surface area contributed by atoms with Crippen molar-refractivity contribution >= 4 is 15.9 Å². The molecule has 1 saturated heterocycles. The van der Waals surface area contributed by atoms with Gasteiger partial charge in [-0.1, -0.05) is 12.1 Å². The SMILES string of the molecule is Cc1nn(CCC(=O)NCc2ccc(F)cc2)c(C)c1S(=O)(=O)N1CCCC1. The highest BCUT2D eigenvalue weighted by atomic mass is 32.2. The highest BCUT2D eigenvalue weighted by Gasteiger charge is 2.32. The third-order valence-corrected chi connectivity index (χ3v) is 7.08. The maximum Gasteiger partial charge on any atom is 0.246 e. The predicted octanol–water partition coefficient (Wildman–Crippen LogP) is 2.13. The molecule has 7 nitrogen and oxygen atoms in total. The van der Waals surface area contributed by atoms with Gasteiger partial charge in [0.2, 0.25) is 15.9 Å². The molecule has 0 radical (unpaired) electrons. The highest BCUT2D eigenvalue weighted by molar-refractivity contribution is 7.89. The summed E-state index contributed by atoms with van der Waals surface area (Å²) in [5.41, 5.74) is 1.81. The van der Waals surface area contributed by atoms with Crippen LogP contribution < -0.4 is 5.32 Å². The molecule has 1 aliphatic rings. The summed E-state index contributed by atoms with van der Waals surface area (Å²) < 4.78 is 41.7. The van der Waals surface area contributed by atoms with E-state index in [1.165, 1.54) is 16.4 Å². The zero-order chi connectivity index (χ0) is 20.3. The van der Waals surface area contributed by atoms with Crippen LogP contribution in [0.3, 0.4) is 0 Å². The van der Waals surface area contributed by atoms with Crippen molar-refractivity contribution in [1.82, 2.24) is 19.4 Å². The van der Waals surface area contributed by atoms with Crippen molar-refractivity contribution < 1.29 is 17.6 Å². The molecular formula is C19H25FN4O3S. The van der Waals surface area contributed by atoms with Crippen molar-refractivity contribution in [3.8, 4) is 0 Å². The number of carbonyl (C=O) groups is 1. The summed E-state index contributed by atoms with van der Waals surface area (Å²) in [5, 5.41) is 7.11. The van der Waals surface area contributed by atoms with Crippen LogP contribution in [-0.4, -0.2) is 41.5 Å². The molecule has 0 unspecified atom stereocenters. The monoisotopic (exact) mass is 408 g/mol. The number of benzene rings is 1. The maximum atomic E-state index is 12.9. The van der Waals surface area contributed by atoms with E-state index in [2.05, 4.69) is 10.4 Å². The van der Waals surface area contributed by atoms with Crippen LogP contribution in [0.4, 0.5) is 4.39 Å². The first-order valence-electron chi connectivity index (χ1n) is 9.34. The third-order valence-electron chi connectivity index (χ3n) is 4.93. The van der Waals surface area contributed by atoms with E-state index >= 15 is 0 Å². The fourth-order valence-electron chi connectivity index (χ4n) is 3.43. The standard InChI is InChI=1S/C19H25FN4O3S/c1-14-19(28(26,27)23-10-3-4-11-23)15(2)24(22-14)12-9-18(25)21-13-16-5-7-17(20)8-6-16/h5-8H,3-4,9-13H2,1-2H3,(H,21,25). The van der Waals surface area contributed by atoms with Crippen LogP contribution >= 0.6 is 0 Å². The van der Waals surface area contributed by atoms with Gasteiger partial charge in [-0.05, 0) is 44.4 Å². The smallest absolute Gasteiger partial charge is 0.246 e. The summed E-state index contributed by atoms with van der Waals surface area (Å²) in [6, 6.07) is 5.93. The van der Waals surface area contributed by atoms with Crippen molar-refractivity contribution in [2.75, 3.05) is 13.1 Å². The molecule has 1 aromatic carbocycles. The van der Waals surface area contributed by atoms with Gasteiger partial charge in [-0.25, -0.2) is 12.8 Å². The molecule has 0 spiro atoms. The molecule has 0 saturated carbocycles. The predicted molar refractivity (Wildman–Crippen MR) is 103 cm³/mol.